The van der Waals surface area contributed by atoms with Crippen molar-refractivity contribution in [3.63, 3.8) is 0 Å². The fourth-order valence-corrected chi connectivity index (χ4v) is 11.1. The summed E-state index contributed by atoms with van der Waals surface area (Å²) in [5.74, 6) is 12.5. The molecule has 0 amide bonds. The average Bonchev–Trinajstić information content (AvgIpc) is 0.852. The first kappa shape index (κ1) is 76.7. The van der Waals surface area contributed by atoms with E-state index in [1.54, 1.807) is 30.5 Å². The van der Waals surface area contributed by atoms with Crippen molar-refractivity contribution < 1.29 is 4.39 Å². The summed E-state index contributed by atoms with van der Waals surface area (Å²) in [4.78, 5) is 46.1. The van der Waals surface area contributed by atoms with Crippen LogP contribution in [0.4, 0.5) is 32.8 Å². The number of fused-ring (bicyclic) bond motifs is 5. The minimum atomic E-state index is -0.268. The van der Waals surface area contributed by atoms with Crippen molar-refractivity contribution in [2.45, 2.75) is 41.5 Å². The Kier molecular flexibility index (Phi) is 27.0. The van der Waals surface area contributed by atoms with Crippen molar-refractivity contribution in [3.05, 3.63) is 243 Å². The van der Waals surface area contributed by atoms with Crippen LogP contribution in [0.2, 0.25) is 15.1 Å². The van der Waals surface area contributed by atoms with Crippen LogP contribution in [0, 0.1) is 109 Å². The smallest absolute Gasteiger partial charge is 0.123 e. The van der Waals surface area contributed by atoms with Gasteiger partial charge in [0.1, 0.15) is 5.82 Å². The van der Waals surface area contributed by atoms with E-state index in [2.05, 4.69) is 122 Å². The summed E-state index contributed by atoms with van der Waals surface area (Å²) in [5.41, 5.74) is 25.8. The number of anilines is 5. The highest BCUT2D eigenvalue weighted by atomic mass is 35.5. The van der Waals surface area contributed by atoms with E-state index in [9.17, 15) is 4.39 Å². The molecule has 0 bridgehead atoms. The summed E-state index contributed by atoms with van der Waals surface area (Å²) in [6, 6.07) is 56.8. The molecule has 0 saturated heterocycles. The Morgan fingerprint density at radius 3 is 0.943 bits per heavy atom. The molecular formula is C85H70Cl4FN15. The molecule has 5 heterocycles. The number of hydrogen-bond donors (Lipinski definition) is 5. The fraction of sp³-hybridized carbons (Fsp3) is 0.129. The van der Waals surface area contributed by atoms with E-state index >= 15 is 0 Å². The van der Waals surface area contributed by atoms with Gasteiger partial charge in [-0.25, -0.2) is 49.2 Å². The molecule has 0 saturated carbocycles. The Hall–Kier alpha value is -12.4. The number of terminal acetylenes is 5. The first-order chi connectivity index (χ1) is 50.4. The zero-order chi connectivity index (χ0) is 73.7. The summed E-state index contributed by atoms with van der Waals surface area (Å²) < 4.78 is 13.1. The minimum Gasteiger partial charge on any atom is -0.374 e. The number of aryl methyl sites for hydroxylation is 6. The molecule has 0 aliphatic heterocycles. The SMILES string of the molecule is C#CCNc1ccc2nc(C)c(-c3ccc(C)cc3)nc2c1.C#CCNc1ccc2nc(C)c(-c3ccc(Cl)c(Cl)c3)nc2c1.C#CCNc1ccc2nc(C)c(-c3ccc(Cl)cc3)nc2c1.C#CCNc1ccc2nc(C)c(-c3ccc(F)cc3)nc2c1.C#CCNc1ccc2nc(C)cnc2c1.Cl. The van der Waals surface area contributed by atoms with Crippen molar-refractivity contribution in [3.8, 4) is 107 Å². The predicted molar refractivity (Wildman–Crippen MR) is 437 cm³/mol. The third kappa shape index (κ3) is 20.7. The van der Waals surface area contributed by atoms with Gasteiger partial charge in [0.05, 0.1) is 149 Å². The maximum Gasteiger partial charge on any atom is 0.123 e. The zero-order valence-corrected chi connectivity index (χ0v) is 61.3. The molecule has 20 heteroatoms. The molecule has 5 N–H and O–H groups in total. The van der Waals surface area contributed by atoms with Crippen LogP contribution in [0.5, 0.6) is 0 Å². The van der Waals surface area contributed by atoms with Gasteiger partial charge in [0.15, 0.2) is 0 Å². The summed E-state index contributed by atoms with van der Waals surface area (Å²) >= 11 is 18.0. The molecule has 14 aromatic rings. The van der Waals surface area contributed by atoms with E-state index in [0.29, 0.717) is 47.8 Å². The molecule has 0 aliphatic rings. The first-order valence-electron chi connectivity index (χ1n) is 32.7. The average molecular weight is 1460 g/mol. The lowest BCUT2D eigenvalue weighted by molar-refractivity contribution is 0.628. The maximum absolute atomic E-state index is 13.1. The Morgan fingerprint density at radius 2 is 0.610 bits per heavy atom. The lowest BCUT2D eigenvalue weighted by Crippen LogP contribution is -1.99. The molecule has 0 fully saturated rings. The number of benzene rings is 9. The van der Waals surface area contributed by atoms with E-state index < -0.39 is 0 Å². The maximum atomic E-state index is 13.1. The van der Waals surface area contributed by atoms with Crippen molar-refractivity contribution in [1.82, 2.24) is 49.8 Å². The standard InChI is InChI=1S/C19H17N3.C18H13Cl2N3.C18H14ClN3.C18H14FN3.C12H11N3.ClH/c1-4-11-20-16-9-10-17-18(12-16)22-19(14(3)21-17)15-7-5-13(2)6-8-15;1-3-8-21-13-5-7-16-17(10-13)23-18(11(2)22-16)12-4-6-14(19)15(20)9-12;2*1-3-10-20-15-8-9-16-17(11-15)22-18(12(2)21-16)13-4-6-14(19)7-5-13;1-3-6-13-10-4-5-11-12(7-10)14-8-9(2)15-11;/h1,5-10,12,20H,11H2,2-3H3;1,4-7,9-10,21H,8H2,2H3;2*1,4-9,11,20H,10H2,2H3;1,4-5,7-8,13H,6H2,2H3;1H. The predicted octanol–water partition coefficient (Wildman–Crippen LogP) is 19.4. The van der Waals surface area contributed by atoms with E-state index in [4.69, 9.17) is 81.9 Å². The highest BCUT2D eigenvalue weighted by Gasteiger charge is 2.14. The normalized spacial score (nSPS) is 10.3. The van der Waals surface area contributed by atoms with Gasteiger partial charge in [-0.05, 0) is 181 Å². The topological polar surface area (TPSA) is 189 Å². The van der Waals surface area contributed by atoms with Crippen molar-refractivity contribution in [2.24, 2.45) is 0 Å². The third-order valence-electron chi connectivity index (χ3n) is 15.7. The van der Waals surface area contributed by atoms with Crippen LogP contribution in [-0.2, 0) is 0 Å². The van der Waals surface area contributed by atoms with Crippen molar-refractivity contribution in [2.75, 3.05) is 59.3 Å². The molecule has 5 aromatic heterocycles. The lowest BCUT2D eigenvalue weighted by atomic mass is 10.1. The molecule has 0 spiro atoms. The molecule has 0 unspecified atom stereocenters. The van der Waals surface area contributed by atoms with Crippen LogP contribution in [0.15, 0.2) is 188 Å². The second-order valence-electron chi connectivity index (χ2n) is 23.5. The van der Waals surface area contributed by atoms with Crippen molar-refractivity contribution >= 4 is 131 Å². The van der Waals surface area contributed by atoms with Gasteiger partial charge in [-0.3, -0.25) is 4.98 Å². The minimum absolute atomic E-state index is 0. The third-order valence-corrected chi connectivity index (χ3v) is 16.7. The number of rotatable bonds is 14. The second kappa shape index (κ2) is 37.0. The Bertz CT molecular complexity index is 5310. The van der Waals surface area contributed by atoms with Gasteiger partial charge in [-0.15, -0.1) is 44.5 Å². The van der Waals surface area contributed by atoms with Crippen LogP contribution in [0.3, 0.4) is 0 Å². The highest BCUT2D eigenvalue weighted by molar-refractivity contribution is 6.42. The fourth-order valence-electron chi connectivity index (χ4n) is 10.7. The van der Waals surface area contributed by atoms with Crippen LogP contribution in [0.25, 0.3) is 100 Å². The highest BCUT2D eigenvalue weighted by Crippen LogP contribution is 2.32. The number of halogens is 5. The summed E-state index contributed by atoms with van der Waals surface area (Å²) in [6.07, 6.45) is 28.0. The van der Waals surface area contributed by atoms with E-state index in [0.717, 1.165) is 157 Å². The molecule has 0 radical (unpaired) electrons. The lowest BCUT2D eigenvalue weighted by Gasteiger charge is -2.09. The summed E-state index contributed by atoms with van der Waals surface area (Å²) in [5, 5.41) is 17.4. The number of nitrogens with one attached hydrogen (secondary N) is 5. The Labute approximate surface area is 631 Å². The molecule has 520 valence electrons. The molecule has 9 aromatic carbocycles. The monoisotopic (exact) mass is 1460 g/mol. The number of hydrogen-bond acceptors (Lipinski definition) is 15. The summed E-state index contributed by atoms with van der Waals surface area (Å²) in [7, 11) is 0. The molecule has 15 nitrogen and oxygen atoms in total. The summed E-state index contributed by atoms with van der Waals surface area (Å²) in [6.45, 7) is 14.2. The van der Waals surface area contributed by atoms with E-state index in [1.165, 1.54) is 17.7 Å². The van der Waals surface area contributed by atoms with Crippen LogP contribution < -0.4 is 26.6 Å². The van der Waals surface area contributed by atoms with Crippen LogP contribution in [0.1, 0.15) is 34.0 Å². The second-order valence-corrected chi connectivity index (χ2v) is 24.7. The molecule has 14 rings (SSSR count). The van der Waals surface area contributed by atoms with Gasteiger partial charge in [0.25, 0.3) is 0 Å². The quantitative estimate of drug-likeness (QED) is 0.0646. The molecule has 0 aliphatic carbocycles. The van der Waals surface area contributed by atoms with Gasteiger partial charge in [-0.2, -0.15) is 0 Å². The Balaban J connectivity index is 0.000000153. The number of nitrogens with zero attached hydrogens (tertiary/aromatic N) is 10. The first-order valence-corrected chi connectivity index (χ1v) is 33.8. The van der Waals surface area contributed by atoms with Crippen LogP contribution in [-0.4, -0.2) is 82.6 Å². The zero-order valence-electron chi connectivity index (χ0n) is 58.2. The van der Waals surface area contributed by atoms with E-state index in [1.807, 2.05) is 156 Å². The van der Waals surface area contributed by atoms with Crippen molar-refractivity contribution in [1.29, 1.82) is 0 Å². The molecule has 0 atom stereocenters. The molecule has 105 heavy (non-hydrogen) atoms. The van der Waals surface area contributed by atoms with Gasteiger partial charge in [0.2, 0.25) is 0 Å². The molecular weight excluding hydrogens is 1390 g/mol. The Morgan fingerprint density at radius 1 is 0.314 bits per heavy atom. The van der Waals surface area contributed by atoms with E-state index in [-0.39, 0.29) is 18.2 Å². The van der Waals surface area contributed by atoms with Gasteiger partial charge in [0, 0.05) is 61.9 Å². The number of aromatic nitrogens is 10. The van der Waals surface area contributed by atoms with Gasteiger partial charge >= 0.3 is 0 Å². The largest absolute Gasteiger partial charge is 0.374 e. The van der Waals surface area contributed by atoms with Gasteiger partial charge < -0.3 is 26.6 Å². The van der Waals surface area contributed by atoms with Gasteiger partial charge in [-0.1, -0.05) is 112 Å². The van der Waals surface area contributed by atoms with Crippen LogP contribution >= 0.6 is 47.2 Å².